The van der Waals surface area contributed by atoms with Crippen LogP contribution in [0, 0.1) is 12.8 Å². The van der Waals surface area contributed by atoms with Gasteiger partial charge in [-0.15, -0.1) is 0 Å². The van der Waals surface area contributed by atoms with E-state index < -0.39 is 0 Å². The summed E-state index contributed by atoms with van der Waals surface area (Å²) < 4.78 is 5.03. The van der Waals surface area contributed by atoms with Crippen LogP contribution in [0.2, 0.25) is 0 Å². The molecule has 1 N–H and O–H groups in total. The van der Waals surface area contributed by atoms with Crippen molar-refractivity contribution in [3.05, 3.63) is 41.6 Å². The van der Waals surface area contributed by atoms with E-state index in [2.05, 4.69) is 47.6 Å². The van der Waals surface area contributed by atoms with E-state index in [9.17, 15) is 0 Å². The first-order valence-electron chi connectivity index (χ1n) is 7.25. The molecule has 1 aromatic carbocycles. The van der Waals surface area contributed by atoms with Crippen molar-refractivity contribution in [2.24, 2.45) is 5.92 Å². The molecule has 20 heavy (non-hydrogen) atoms. The third kappa shape index (κ3) is 4.29. The van der Waals surface area contributed by atoms with Gasteiger partial charge in [-0.25, -0.2) is 0 Å². The van der Waals surface area contributed by atoms with Crippen LogP contribution in [0.5, 0.6) is 0 Å². The maximum Gasteiger partial charge on any atom is 0.0705 e. The summed E-state index contributed by atoms with van der Waals surface area (Å²) in [7, 11) is 1.73. The Bertz CT molecular complexity index is 554. The highest BCUT2D eigenvalue weighted by molar-refractivity contribution is 5.79. The van der Waals surface area contributed by atoms with Crippen LogP contribution in [0.25, 0.3) is 10.9 Å². The predicted molar refractivity (Wildman–Crippen MR) is 84.1 cm³/mol. The Morgan fingerprint density at radius 2 is 2.10 bits per heavy atom. The third-order valence-electron chi connectivity index (χ3n) is 3.45. The smallest absolute Gasteiger partial charge is 0.0705 e. The average molecular weight is 272 g/mol. The highest BCUT2D eigenvalue weighted by Crippen LogP contribution is 2.17. The lowest BCUT2D eigenvalue weighted by molar-refractivity contribution is 0.198. The van der Waals surface area contributed by atoms with Crippen LogP contribution in [0.15, 0.2) is 30.3 Å². The van der Waals surface area contributed by atoms with E-state index in [-0.39, 0.29) is 0 Å². The predicted octanol–water partition coefficient (Wildman–Crippen LogP) is 2.96. The minimum absolute atomic E-state index is 0.614. The molecule has 0 aliphatic rings. The lowest BCUT2D eigenvalue weighted by atomic mass is 9.99. The molecule has 1 aromatic heterocycles. The Balaban J connectivity index is 1.94. The molecular formula is C17H24N2O. The number of aromatic nitrogens is 1. The standard InChI is InChI=1S/C17H24N2O/c1-13(12-18-8-9-20-3)10-15-5-7-17-16(11-15)6-4-14(2)19-17/h4-7,11,13,18H,8-10,12H2,1-3H3. The summed E-state index contributed by atoms with van der Waals surface area (Å²) in [5.41, 5.74) is 3.53. The Hall–Kier alpha value is -1.45. The van der Waals surface area contributed by atoms with Crippen molar-refractivity contribution in [2.75, 3.05) is 26.8 Å². The molecule has 0 bridgehead atoms. The Morgan fingerprint density at radius 1 is 1.25 bits per heavy atom. The van der Waals surface area contributed by atoms with Gasteiger partial charge in [0.2, 0.25) is 0 Å². The molecule has 0 amide bonds. The molecule has 1 atom stereocenters. The van der Waals surface area contributed by atoms with Crippen LogP contribution in [0.3, 0.4) is 0 Å². The summed E-state index contributed by atoms with van der Waals surface area (Å²) in [6.45, 7) is 7.02. The SMILES string of the molecule is COCCNCC(C)Cc1ccc2nc(C)ccc2c1. The fourth-order valence-electron chi connectivity index (χ4n) is 2.40. The molecule has 3 nitrogen and oxygen atoms in total. The van der Waals surface area contributed by atoms with Crippen LogP contribution in [-0.4, -0.2) is 31.8 Å². The second-order valence-electron chi connectivity index (χ2n) is 5.49. The Labute approximate surface area is 121 Å². The van der Waals surface area contributed by atoms with E-state index in [0.717, 1.165) is 37.3 Å². The number of hydrogen-bond acceptors (Lipinski definition) is 3. The summed E-state index contributed by atoms with van der Waals surface area (Å²) in [6.07, 6.45) is 1.09. The maximum atomic E-state index is 5.03. The fourth-order valence-corrected chi connectivity index (χ4v) is 2.40. The van der Waals surface area contributed by atoms with Gasteiger partial charge in [0.15, 0.2) is 0 Å². The number of benzene rings is 1. The van der Waals surface area contributed by atoms with Crippen molar-refractivity contribution in [1.29, 1.82) is 0 Å². The number of nitrogens with one attached hydrogen (secondary N) is 1. The van der Waals surface area contributed by atoms with E-state index in [0.29, 0.717) is 5.92 Å². The van der Waals surface area contributed by atoms with Gasteiger partial charge in [0, 0.05) is 24.7 Å². The fraction of sp³-hybridized carbons (Fsp3) is 0.471. The van der Waals surface area contributed by atoms with E-state index in [4.69, 9.17) is 4.74 Å². The number of pyridine rings is 1. The minimum Gasteiger partial charge on any atom is -0.383 e. The first-order valence-corrected chi connectivity index (χ1v) is 7.25. The number of nitrogens with zero attached hydrogens (tertiary/aromatic N) is 1. The van der Waals surface area contributed by atoms with Crippen LogP contribution < -0.4 is 5.32 Å². The minimum atomic E-state index is 0.614. The second kappa shape index (κ2) is 7.36. The maximum absolute atomic E-state index is 5.03. The van der Waals surface area contributed by atoms with Crippen LogP contribution in [0.4, 0.5) is 0 Å². The molecule has 2 rings (SSSR count). The summed E-state index contributed by atoms with van der Waals surface area (Å²) in [5, 5.41) is 4.64. The largest absolute Gasteiger partial charge is 0.383 e. The van der Waals surface area contributed by atoms with Crippen molar-refractivity contribution in [3.63, 3.8) is 0 Å². The lowest BCUT2D eigenvalue weighted by Gasteiger charge is -2.13. The quantitative estimate of drug-likeness (QED) is 0.787. The number of rotatable bonds is 7. The normalized spacial score (nSPS) is 12.8. The van der Waals surface area contributed by atoms with Crippen LogP contribution in [-0.2, 0) is 11.2 Å². The van der Waals surface area contributed by atoms with Crippen LogP contribution >= 0.6 is 0 Å². The lowest BCUT2D eigenvalue weighted by Crippen LogP contribution is -2.25. The van der Waals surface area contributed by atoms with Gasteiger partial charge in [-0.1, -0.05) is 19.1 Å². The van der Waals surface area contributed by atoms with Gasteiger partial charge >= 0.3 is 0 Å². The van der Waals surface area contributed by atoms with Crippen molar-refractivity contribution >= 4 is 10.9 Å². The van der Waals surface area contributed by atoms with E-state index in [1.54, 1.807) is 7.11 Å². The molecule has 1 heterocycles. The zero-order valence-electron chi connectivity index (χ0n) is 12.6. The Morgan fingerprint density at radius 3 is 2.90 bits per heavy atom. The Kier molecular flexibility index (Phi) is 5.50. The molecule has 2 aromatic rings. The average Bonchev–Trinajstić information content (AvgIpc) is 2.44. The number of methoxy groups -OCH3 is 1. The van der Waals surface area contributed by atoms with Gasteiger partial charge < -0.3 is 10.1 Å². The number of ether oxygens (including phenoxy) is 1. The molecule has 0 aliphatic heterocycles. The van der Waals surface area contributed by atoms with Crippen LogP contribution in [0.1, 0.15) is 18.2 Å². The molecule has 1 unspecified atom stereocenters. The zero-order valence-corrected chi connectivity index (χ0v) is 12.6. The summed E-state index contributed by atoms with van der Waals surface area (Å²) in [5.74, 6) is 0.614. The van der Waals surface area contributed by atoms with E-state index in [1.807, 2.05) is 6.92 Å². The second-order valence-corrected chi connectivity index (χ2v) is 5.49. The van der Waals surface area contributed by atoms with Gasteiger partial charge in [0.1, 0.15) is 0 Å². The zero-order chi connectivity index (χ0) is 14.4. The van der Waals surface area contributed by atoms with Gasteiger partial charge in [-0.05, 0) is 49.6 Å². The van der Waals surface area contributed by atoms with Crippen molar-refractivity contribution in [3.8, 4) is 0 Å². The summed E-state index contributed by atoms with van der Waals surface area (Å²) in [6, 6.07) is 10.8. The molecule has 0 saturated heterocycles. The summed E-state index contributed by atoms with van der Waals surface area (Å²) in [4.78, 5) is 4.54. The molecule has 108 valence electrons. The molecule has 0 fully saturated rings. The van der Waals surface area contributed by atoms with Crippen molar-refractivity contribution in [2.45, 2.75) is 20.3 Å². The highest BCUT2D eigenvalue weighted by Gasteiger charge is 2.05. The van der Waals surface area contributed by atoms with Gasteiger partial charge in [0.25, 0.3) is 0 Å². The molecule has 0 saturated carbocycles. The van der Waals surface area contributed by atoms with Gasteiger partial charge in [0.05, 0.1) is 12.1 Å². The van der Waals surface area contributed by atoms with Crippen molar-refractivity contribution < 1.29 is 4.74 Å². The molecule has 0 spiro atoms. The first-order chi connectivity index (χ1) is 9.69. The third-order valence-corrected chi connectivity index (χ3v) is 3.45. The monoisotopic (exact) mass is 272 g/mol. The van der Waals surface area contributed by atoms with Crippen molar-refractivity contribution in [1.82, 2.24) is 10.3 Å². The first kappa shape index (κ1) is 14.9. The van der Waals surface area contributed by atoms with E-state index >= 15 is 0 Å². The topological polar surface area (TPSA) is 34.1 Å². The van der Waals surface area contributed by atoms with E-state index in [1.165, 1.54) is 10.9 Å². The number of hydrogen-bond donors (Lipinski definition) is 1. The number of aryl methyl sites for hydroxylation is 1. The van der Waals surface area contributed by atoms with Gasteiger partial charge in [-0.2, -0.15) is 0 Å². The highest BCUT2D eigenvalue weighted by atomic mass is 16.5. The molecule has 0 aliphatic carbocycles. The summed E-state index contributed by atoms with van der Waals surface area (Å²) >= 11 is 0. The molecule has 0 radical (unpaired) electrons. The van der Waals surface area contributed by atoms with Gasteiger partial charge in [-0.3, -0.25) is 4.98 Å². The molecular weight excluding hydrogens is 248 g/mol. The molecule has 3 heteroatoms. The number of fused-ring (bicyclic) bond motifs is 1.